The van der Waals surface area contributed by atoms with Gasteiger partial charge in [0.15, 0.2) is 0 Å². The molecular weight excluding hydrogens is 488 g/mol. The second-order valence-corrected chi connectivity index (χ2v) is 12.2. The Bertz CT molecular complexity index is 1480. The van der Waals surface area contributed by atoms with Gasteiger partial charge in [-0.1, -0.05) is 32.1 Å². The first-order valence-corrected chi connectivity index (χ1v) is 14.3. The molecule has 8 heteroatoms. The predicted molar refractivity (Wildman–Crippen MR) is 153 cm³/mol. The molecule has 4 aliphatic rings. The van der Waals surface area contributed by atoms with Gasteiger partial charge in [-0.3, -0.25) is 19.2 Å². The molecule has 1 aliphatic carbocycles. The molecule has 0 radical (unpaired) electrons. The van der Waals surface area contributed by atoms with Crippen molar-refractivity contribution in [2.75, 3.05) is 29.9 Å². The number of likely N-dealkylation sites (tertiary alicyclic amines) is 1. The molecule has 3 aromatic rings. The summed E-state index contributed by atoms with van der Waals surface area (Å²) in [4.78, 5) is 30.5. The molecule has 1 aromatic heterocycles. The maximum Gasteiger partial charge on any atom is 0.259 e. The molecule has 8 nitrogen and oxygen atoms in total. The number of rotatable bonds is 6. The van der Waals surface area contributed by atoms with Gasteiger partial charge in [0.2, 0.25) is 5.91 Å². The van der Waals surface area contributed by atoms with Crippen LogP contribution in [0, 0.1) is 5.41 Å². The van der Waals surface area contributed by atoms with E-state index in [1.54, 1.807) is 4.90 Å². The number of carbonyl (C=O) groups excluding carboxylic acids is 2. The van der Waals surface area contributed by atoms with Crippen molar-refractivity contribution in [1.82, 2.24) is 20.0 Å². The lowest BCUT2D eigenvalue weighted by atomic mass is 9.70. The zero-order chi connectivity index (χ0) is 26.7. The number of anilines is 3. The number of piperidine rings is 2. The third-order valence-corrected chi connectivity index (χ3v) is 9.34. The van der Waals surface area contributed by atoms with Gasteiger partial charge in [-0.05, 0) is 62.1 Å². The molecule has 3 fully saturated rings. The smallest absolute Gasteiger partial charge is 0.259 e. The van der Waals surface area contributed by atoms with Crippen LogP contribution in [0.15, 0.2) is 55.0 Å². The van der Waals surface area contributed by atoms with Crippen molar-refractivity contribution in [2.24, 2.45) is 5.41 Å². The van der Waals surface area contributed by atoms with Crippen LogP contribution >= 0.6 is 0 Å². The monoisotopic (exact) mass is 524 g/mol. The van der Waals surface area contributed by atoms with E-state index in [4.69, 9.17) is 5.10 Å². The Labute approximate surface area is 229 Å². The number of nitrogens with one attached hydrogen (secondary N) is 2. The standard InChI is InChI=1S/C31H36N6O2/c1-20-7-9-27(29(38)33-20)37-26-10-8-25(23-5-3-6-24(28(23)26)30(37)39)34-21-17-32-36(18-21)22-11-15-35(16-12-22)19-31(2)13-4-14-31/h3,5-6,8,10,17-18,22,27,34H,1,4,7,9,11-16,19H2,2H3,(H,33,38). The Morgan fingerprint density at radius 2 is 1.95 bits per heavy atom. The molecule has 2 saturated heterocycles. The second-order valence-electron chi connectivity index (χ2n) is 12.2. The first-order chi connectivity index (χ1) is 18.9. The van der Waals surface area contributed by atoms with Gasteiger partial charge < -0.3 is 15.5 Å². The maximum absolute atomic E-state index is 13.5. The van der Waals surface area contributed by atoms with Gasteiger partial charge in [0.25, 0.3) is 5.91 Å². The highest BCUT2D eigenvalue weighted by atomic mass is 16.2. The minimum absolute atomic E-state index is 0.120. The molecule has 3 aliphatic heterocycles. The molecular formula is C31H36N6O2. The maximum atomic E-state index is 13.5. The summed E-state index contributed by atoms with van der Waals surface area (Å²) in [7, 11) is 0. The molecule has 1 unspecified atom stereocenters. The molecule has 0 spiro atoms. The molecule has 1 atom stereocenters. The summed E-state index contributed by atoms with van der Waals surface area (Å²) < 4.78 is 2.12. The van der Waals surface area contributed by atoms with E-state index in [-0.39, 0.29) is 11.8 Å². The summed E-state index contributed by atoms with van der Waals surface area (Å²) >= 11 is 0. The molecule has 2 amide bonds. The SMILES string of the molecule is C=C1CCC(N2C(=O)c3cccc4c(Nc5cnn(C6CCN(CC7(C)CCC7)CC6)c5)ccc2c34)C(=O)N1. The van der Waals surface area contributed by atoms with Crippen molar-refractivity contribution >= 4 is 39.6 Å². The van der Waals surface area contributed by atoms with Crippen LogP contribution in [0.2, 0.25) is 0 Å². The number of hydrogen-bond acceptors (Lipinski definition) is 5. The topological polar surface area (TPSA) is 82.5 Å². The number of allylic oxidation sites excluding steroid dienone is 1. The fourth-order valence-electron chi connectivity index (χ4n) is 7.01. The zero-order valence-electron chi connectivity index (χ0n) is 22.6. The van der Waals surface area contributed by atoms with Gasteiger partial charge in [0.1, 0.15) is 6.04 Å². The highest BCUT2D eigenvalue weighted by molar-refractivity contribution is 6.28. The van der Waals surface area contributed by atoms with Gasteiger partial charge in [-0.25, -0.2) is 0 Å². The normalized spacial score (nSPS) is 23.3. The highest BCUT2D eigenvalue weighted by Crippen LogP contribution is 2.44. The quantitative estimate of drug-likeness (QED) is 0.454. The van der Waals surface area contributed by atoms with Gasteiger partial charge in [-0.2, -0.15) is 5.10 Å². The summed E-state index contributed by atoms with van der Waals surface area (Å²) in [5, 5.41) is 12.9. The number of amides is 2. The Kier molecular flexibility index (Phi) is 5.77. The fourth-order valence-corrected chi connectivity index (χ4v) is 7.01. The molecule has 7 rings (SSSR count). The Morgan fingerprint density at radius 1 is 1.13 bits per heavy atom. The van der Waals surface area contributed by atoms with Crippen molar-refractivity contribution in [1.29, 1.82) is 0 Å². The van der Waals surface area contributed by atoms with Crippen LogP contribution in [0.5, 0.6) is 0 Å². The highest BCUT2D eigenvalue weighted by Gasteiger charge is 2.40. The second kappa shape index (κ2) is 9.23. The molecule has 39 heavy (non-hydrogen) atoms. The minimum Gasteiger partial charge on any atom is -0.352 e. The first kappa shape index (κ1) is 24.4. The average molecular weight is 525 g/mol. The lowest BCUT2D eigenvalue weighted by molar-refractivity contribution is -0.122. The molecule has 4 heterocycles. The third kappa shape index (κ3) is 4.22. The molecule has 2 aromatic carbocycles. The number of carbonyl (C=O) groups is 2. The minimum atomic E-state index is -0.529. The van der Waals surface area contributed by atoms with E-state index in [1.165, 1.54) is 25.8 Å². The third-order valence-electron chi connectivity index (χ3n) is 9.34. The van der Waals surface area contributed by atoms with Crippen LogP contribution in [0.4, 0.5) is 17.1 Å². The van der Waals surface area contributed by atoms with E-state index < -0.39 is 6.04 Å². The van der Waals surface area contributed by atoms with E-state index >= 15 is 0 Å². The van der Waals surface area contributed by atoms with E-state index in [9.17, 15) is 9.59 Å². The van der Waals surface area contributed by atoms with Gasteiger partial charge in [0, 0.05) is 53.6 Å². The first-order valence-electron chi connectivity index (χ1n) is 14.3. The summed E-state index contributed by atoms with van der Waals surface area (Å²) in [6.07, 6.45) is 11.6. The van der Waals surface area contributed by atoms with Crippen LogP contribution in [0.1, 0.15) is 68.3 Å². The van der Waals surface area contributed by atoms with Crippen LogP contribution in [0.3, 0.4) is 0 Å². The van der Waals surface area contributed by atoms with Crippen molar-refractivity contribution in [2.45, 2.75) is 64.0 Å². The van der Waals surface area contributed by atoms with Crippen LogP contribution in [-0.2, 0) is 4.79 Å². The summed E-state index contributed by atoms with van der Waals surface area (Å²) in [6, 6.07) is 9.65. The molecule has 0 bridgehead atoms. The van der Waals surface area contributed by atoms with E-state index in [2.05, 4.69) is 39.9 Å². The van der Waals surface area contributed by atoms with Crippen LogP contribution in [0.25, 0.3) is 10.8 Å². The number of hydrogen-bond donors (Lipinski definition) is 2. The molecule has 202 valence electrons. The van der Waals surface area contributed by atoms with E-state index in [0.717, 1.165) is 53.8 Å². The lowest BCUT2D eigenvalue weighted by Gasteiger charge is -2.44. The van der Waals surface area contributed by atoms with Crippen molar-refractivity contribution < 1.29 is 9.59 Å². The lowest BCUT2D eigenvalue weighted by Crippen LogP contribution is -2.51. The van der Waals surface area contributed by atoms with Crippen LogP contribution in [-0.4, -0.2) is 52.2 Å². The van der Waals surface area contributed by atoms with E-state index in [0.29, 0.717) is 35.6 Å². The fraction of sp³-hybridized carbons (Fsp3) is 0.452. The summed E-state index contributed by atoms with van der Waals surface area (Å²) in [6.45, 7) is 9.81. The largest absolute Gasteiger partial charge is 0.352 e. The van der Waals surface area contributed by atoms with Gasteiger partial charge in [-0.15, -0.1) is 0 Å². The van der Waals surface area contributed by atoms with Crippen LogP contribution < -0.4 is 15.5 Å². The predicted octanol–water partition coefficient (Wildman–Crippen LogP) is 5.36. The van der Waals surface area contributed by atoms with Crippen molar-refractivity contribution in [3.8, 4) is 0 Å². The zero-order valence-corrected chi connectivity index (χ0v) is 22.6. The Morgan fingerprint density at radius 3 is 2.69 bits per heavy atom. The van der Waals surface area contributed by atoms with Gasteiger partial charge in [0.05, 0.1) is 23.6 Å². The molecule has 2 N–H and O–H groups in total. The average Bonchev–Trinajstić information content (AvgIpc) is 3.49. The van der Waals surface area contributed by atoms with Crippen molar-refractivity contribution in [3.63, 3.8) is 0 Å². The molecule has 1 saturated carbocycles. The number of aromatic nitrogens is 2. The van der Waals surface area contributed by atoms with Crippen molar-refractivity contribution in [3.05, 3.63) is 60.6 Å². The van der Waals surface area contributed by atoms with Gasteiger partial charge >= 0.3 is 0 Å². The number of benzene rings is 2. The Balaban J connectivity index is 1.09. The summed E-state index contributed by atoms with van der Waals surface area (Å²) in [5.41, 5.74) is 4.54. The Hall–Kier alpha value is -3.65. The van der Waals surface area contributed by atoms with E-state index in [1.807, 2.05) is 36.5 Å². The number of nitrogens with zero attached hydrogens (tertiary/aromatic N) is 4. The summed E-state index contributed by atoms with van der Waals surface area (Å²) in [5.74, 6) is -0.288.